The molecule has 0 aliphatic heterocycles. The van der Waals surface area contributed by atoms with E-state index in [9.17, 15) is 14.9 Å². The van der Waals surface area contributed by atoms with E-state index in [4.69, 9.17) is 11.6 Å². The number of nitrogens with zero attached hydrogens (tertiary/aromatic N) is 1. The maximum atomic E-state index is 10.8. The van der Waals surface area contributed by atoms with Crippen LogP contribution in [0.5, 0.6) is 0 Å². The predicted octanol–water partition coefficient (Wildman–Crippen LogP) is 3.73. The molecule has 0 aliphatic carbocycles. The van der Waals surface area contributed by atoms with Crippen LogP contribution in [0.1, 0.15) is 10.4 Å². The monoisotopic (exact) mass is 261 g/mol. The van der Waals surface area contributed by atoms with Crippen LogP contribution in [-0.2, 0) is 0 Å². The zero-order valence-electron chi connectivity index (χ0n) is 9.17. The lowest BCUT2D eigenvalue weighted by Gasteiger charge is -2.03. The van der Waals surface area contributed by atoms with Crippen LogP contribution in [0, 0.1) is 10.1 Å². The lowest BCUT2D eigenvalue weighted by molar-refractivity contribution is -0.384. The molecule has 0 spiro atoms. The lowest BCUT2D eigenvalue weighted by atomic mass is 10.0. The fourth-order valence-corrected chi connectivity index (χ4v) is 1.81. The first kappa shape index (κ1) is 12.3. The van der Waals surface area contributed by atoms with Crippen LogP contribution in [0.15, 0.2) is 42.5 Å². The van der Waals surface area contributed by atoms with Crippen LogP contribution in [0.4, 0.5) is 5.69 Å². The first-order chi connectivity index (χ1) is 8.61. The standard InChI is InChI=1S/C13H8ClNO3/c14-12-5-4-11(7-13(12)15(17)18)10-3-1-2-9(6-10)8-16/h1-8H. The molecule has 5 heteroatoms. The third-order valence-corrected chi connectivity index (χ3v) is 2.82. The highest BCUT2D eigenvalue weighted by Crippen LogP contribution is 2.30. The van der Waals surface area contributed by atoms with Crippen molar-refractivity contribution in [3.05, 3.63) is 63.2 Å². The van der Waals surface area contributed by atoms with Crippen molar-refractivity contribution in [2.45, 2.75) is 0 Å². The van der Waals surface area contributed by atoms with E-state index in [0.717, 1.165) is 11.8 Å². The van der Waals surface area contributed by atoms with Gasteiger partial charge in [0.15, 0.2) is 0 Å². The van der Waals surface area contributed by atoms with Crippen molar-refractivity contribution in [1.29, 1.82) is 0 Å². The molecule has 2 rings (SSSR count). The molecule has 0 bridgehead atoms. The summed E-state index contributed by atoms with van der Waals surface area (Å²) in [6.07, 6.45) is 0.730. The Balaban J connectivity index is 2.53. The molecule has 0 heterocycles. The van der Waals surface area contributed by atoms with Crippen LogP contribution in [-0.4, -0.2) is 11.2 Å². The Morgan fingerprint density at radius 1 is 1.11 bits per heavy atom. The fraction of sp³-hybridized carbons (Fsp3) is 0. The number of benzene rings is 2. The first-order valence-corrected chi connectivity index (χ1v) is 5.49. The van der Waals surface area contributed by atoms with E-state index in [1.165, 1.54) is 12.1 Å². The van der Waals surface area contributed by atoms with Crippen molar-refractivity contribution < 1.29 is 9.72 Å². The zero-order chi connectivity index (χ0) is 13.1. The van der Waals surface area contributed by atoms with Crippen molar-refractivity contribution in [2.75, 3.05) is 0 Å². The van der Waals surface area contributed by atoms with Gasteiger partial charge in [-0.1, -0.05) is 35.9 Å². The normalized spacial score (nSPS) is 10.1. The molecule has 0 aliphatic rings. The van der Waals surface area contributed by atoms with Crippen LogP contribution in [0.2, 0.25) is 5.02 Å². The number of aldehydes is 1. The van der Waals surface area contributed by atoms with Crippen LogP contribution >= 0.6 is 11.6 Å². The Labute approximate surface area is 108 Å². The molecule has 0 N–H and O–H groups in total. The number of carbonyl (C=O) groups excluding carboxylic acids is 1. The maximum absolute atomic E-state index is 10.8. The molecule has 90 valence electrons. The first-order valence-electron chi connectivity index (χ1n) is 5.11. The van der Waals surface area contributed by atoms with Gasteiger partial charge in [0.2, 0.25) is 0 Å². The third-order valence-electron chi connectivity index (χ3n) is 2.50. The summed E-state index contributed by atoms with van der Waals surface area (Å²) in [5.74, 6) is 0. The zero-order valence-corrected chi connectivity index (χ0v) is 9.92. The van der Waals surface area contributed by atoms with Gasteiger partial charge in [0, 0.05) is 11.6 Å². The molecular weight excluding hydrogens is 254 g/mol. The SMILES string of the molecule is O=Cc1cccc(-c2ccc(Cl)c([N+](=O)[O-])c2)c1. The van der Waals surface area contributed by atoms with Crippen LogP contribution in [0.25, 0.3) is 11.1 Å². The molecular formula is C13H8ClNO3. The average molecular weight is 262 g/mol. The second-order valence-electron chi connectivity index (χ2n) is 3.67. The van der Waals surface area contributed by atoms with E-state index < -0.39 is 4.92 Å². The molecule has 2 aromatic rings. The van der Waals surface area contributed by atoms with E-state index >= 15 is 0 Å². The number of carbonyl (C=O) groups is 1. The van der Waals surface area contributed by atoms with Gasteiger partial charge in [-0.05, 0) is 23.3 Å². The van der Waals surface area contributed by atoms with E-state index in [0.29, 0.717) is 11.1 Å². The Kier molecular flexibility index (Phi) is 3.39. The van der Waals surface area contributed by atoms with Gasteiger partial charge in [-0.2, -0.15) is 0 Å². The largest absolute Gasteiger partial charge is 0.298 e. The molecule has 0 saturated heterocycles. The van der Waals surface area contributed by atoms with Crippen molar-refractivity contribution in [2.24, 2.45) is 0 Å². The van der Waals surface area contributed by atoms with Gasteiger partial charge in [-0.3, -0.25) is 14.9 Å². The minimum Gasteiger partial charge on any atom is -0.298 e. The van der Waals surface area contributed by atoms with E-state index in [-0.39, 0.29) is 10.7 Å². The van der Waals surface area contributed by atoms with Crippen molar-refractivity contribution in [3.63, 3.8) is 0 Å². The second-order valence-corrected chi connectivity index (χ2v) is 4.07. The predicted molar refractivity (Wildman–Crippen MR) is 68.9 cm³/mol. The smallest absolute Gasteiger partial charge is 0.288 e. The quantitative estimate of drug-likeness (QED) is 0.480. The van der Waals surface area contributed by atoms with Crippen LogP contribution < -0.4 is 0 Å². The van der Waals surface area contributed by atoms with Crippen molar-refractivity contribution >= 4 is 23.6 Å². The summed E-state index contributed by atoms with van der Waals surface area (Å²) in [7, 11) is 0. The number of rotatable bonds is 3. The van der Waals surface area contributed by atoms with Gasteiger partial charge in [-0.15, -0.1) is 0 Å². The molecule has 0 aromatic heterocycles. The number of nitro benzene ring substituents is 1. The van der Waals surface area contributed by atoms with Gasteiger partial charge in [0.05, 0.1) is 4.92 Å². The Bertz CT molecular complexity index is 625. The summed E-state index contributed by atoms with van der Waals surface area (Å²) < 4.78 is 0. The van der Waals surface area contributed by atoms with Crippen LogP contribution in [0.3, 0.4) is 0 Å². The minimum absolute atomic E-state index is 0.0929. The van der Waals surface area contributed by atoms with E-state index in [1.54, 1.807) is 30.3 Å². The fourth-order valence-electron chi connectivity index (χ4n) is 1.62. The molecule has 18 heavy (non-hydrogen) atoms. The summed E-state index contributed by atoms with van der Waals surface area (Å²) in [6.45, 7) is 0. The summed E-state index contributed by atoms with van der Waals surface area (Å²) in [6, 6.07) is 11.4. The van der Waals surface area contributed by atoms with Crippen molar-refractivity contribution in [3.8, 4) is 11.1 Å². The Morgan fingerprint density at radius 3 is 2.50 bits per heavy atom. The van der Waals surface area contributed by atoms with Gasteiger partial charge < -0.3 is 0 Å². The minimum atomic E-state index is -0.532. The maximum Gasteiger partial charge on any atom is 0.288 e. The van der Waals surface area contributed by atoms with E-state index in [2.05, 4.69) is 0 Å². The topological polar surface area (TPSA) is 60.2 Å². The second kappa shape index (κ2) is 4.98. The van der Waals surface area contributed by atoms with Gasteiger partial charge in [0.25, 0.3) is 5.69 Å². The van der Waals surface area contributed by atoms with Gasteiger partial charge in [0.1, 0.15) is 11.3 Å². The summed E-state index contributed by atoms with van der Waals surface area (Å²) in [5.41, 5.74) is 1.75. The molecule has 0 fully saturated rings. The van der Waals surface area contributed by atoms with E-state index in [1.807, 2.05) is 0 Å². The lowest BCUT2D eigenvalue weighted by Crippen LogP contribution is -1.90. The summed E-state index contributed by atoms with van der Waals surface area (Å²) in [4.78, 5) is 21.0. The molecule has 2 aromatic carbocycles. The number of nitro groups is 1. The Morgan fingerprint density at radius 2 is 1.83 bits per heavy atom. The molecule has 0 unspecified atom stereocenters. The molecule has 0 atom stereocenters. The number of hydrogen-bond donors (Lipinski definition) is 0. The van der Waals surface area contributed by atoms with Gasteiger partial charge in [-0.25, -0.2) is 0 Å². The summed E-state index contributed by atoms with van der Waals surface area (Å²) in [5, 5.41) is 10.9. The number of hydrogen-bond acceptors (Lipinski definition) is 3. The summed E-state index contributed by atoms with van der Waals surface area (Å²) >= 11 is 5.74. The molecule has 0 saturated carbocycles. The molecule has 0 amide bonds. The third kappa shape index (κ3) is 2.38. The highest BCUT2D eigenvalue weighted by Gasteiger charge is 2.13. The van der Waals surface area contributed by atoms with Gasteiger partial charge >= 0.3 is 0 Å². The van der Waals surface area contributed by atoms with Crippen molar-refractivity contribution in [1.82, 2.24) is 0 Å². The number of halogens is 1. The molecule has 4 nitrogen and oxygen atoms in total. The molecule has 0 radical (unpaired) electrons. The highest BCUT2D eigenvalue weighted by atomic mass is 35.5. The Hall–Kier alpha value is -2.20. The highest BCUT2D eigenvalue weighted by molar-refractivity contribution is 6.32. The average Bonchev–Trinajstić information content (AvgIpc) is 2.39.